The lowest BCUT2D eigenvalue weighted by Gasteiger charge is -2.14. The van der Waals surface area contributed by atoms with E-state index in [-0.39, 0.29) is 11.5 Å². The van der Waals surface area contributed by atoms with Crippen molar-refractivity contribution in [2.45, 2.75) is 46.3 Å². The van der Waals surface area contributed by atoms with E-state index >= 15 is 0 Å². The summed E-state index contributed by atoms with van der Waals surface area (Å²) in [5.74, 6) is 0.913. The first-order chi connectivity index (χ1) is 11.6. The summed E-state index contributed by atoms with van der Waals surface area (Å²) in [5, 5.41) is 12.3. The number of aryl methyl sites for hydroxylation is 2. The molecule has 126 valence electrons. The van der Waals surface area contributed by atoms with Crippen molar-refractivity contribution >= 4 is 10.9 Å². The first-order valence-corrected chi connectivity index (χ1v) is 8.32. The van der Waals surface area contributed by atoms with E-state index in [1.807, 2.05) is 25.1 Å². The number of nitrogens with zero attached hydrogens (tertiary/aromatic N) is 3. The molecule has 2 N–H and O–H groups in total. The molecule has 6 nitrogen and oxygen atoms in total. The van der Waals surface area contributed by atoms with Gasteiger partial charge in [-0.3, -0.25) is 4.79 Å². The summed E-state index contributed by atoms with van der Waals surface area (Å²) < 4.78 is 2.06. The van der Waals surface area contributed by atoms with Crippen LogP contribution in [0, 0.1) is 6.92 Å². The molecular weight excluding hydrogens is 302 g/mol. The summed E-state index contributed by atoms with van der Waals surface area (Å²) in [6.45, 7) is 7.64. The summed E-state index contributed by atoms with van der Waals surface area (Å²) >= 11 is 0. The molecule has 1 aromatic carbocycles. The van der Waals surface area contributed by atoms with E-state index < -0.39 is 0 Å². The fourth-order valence-electron chi connectivity index (χ4n) is 2.88. The Morgan fingerprint density at radius 2 is 2.17 bits per heavy atom. The number of nitrogens with one attached hydrogen (secondary N) is 2. The van der Waals surface area contributed by atoms with E-state index in [2.05, 4.69) is 38.9 Å². The van der Waals surface area contributed by atoms with Crippen molar-refractivity contribution in [3.05, 3.63) is 57.9 Å². The molecule has 0 saturated carbocycles. The van der Waals surface area contributed by atoms with Crippen molar-refractivity contribution in [2.24, 2.45) is 0 Å². The van der Waals surface area contributed by atoms with Gasteiger partial charge in [-0.05, 0) is 32.4 Å². The van der Waals surface area contributed by atoms with E-state index in [0.717, 1.165) is 41.0 Å². The Labute approximate surface area is 140 Å². The number of hydrogen-bond donors (Lipinski definition) is 2. The first kappa shape index (κ1) is 16.4. The maximum Gasteiger partial charge on any atom is 0.189 e. The highest BCUT2D eigenvalue weighted by molar-refractivity contribution is 5.79. The number of H-pyrrole nitrogens is 1. The number of pyridine rings is 1. The van der Waals surface area contributed by atoms with Crippen molar-refractivity contribution in [3.63, 3.8) is 0 Å². The molecule has 0 bridgehead atoms. The second kappa shape index (κ2) is 6.97. The zero-order valence-electron chi connectivity index (χ0n) is 14.3. The lowest BCUT2D eigenvalue weighted by Crippen LogP contribution is -2.23. The standard InChI is InChI=1S/C18H23N5O/c1-4-7-23-11-20-22-18(23)13(3)19-10-14-9-17(24)15-8-12(2)5-6-16(15)21-14/h5-6,8-9,11,13,19H,4,7,10H2,1-3H3,(H,21,24). The van der Waals surface area contributed by atoms with Gasteiger partial charge in [-0.2, -0.15) is 0 Å². The van der Waals surface area contributed by atoms with Crippen LogP contribution in [-0.2, 0) is 13.1 Å². The Bertz CT molecular complexity index is 896. The van der Waals surface area contributed by atoms with Gasteiger partial charge in [0.1, 0.15) is 12.2 Å². The number of fused-ring (bicyclic) bond motifs is 1. The smallest absolute Gasteiger partial charge is 0.189 e. The Balaban J connectivity index is 1.77. The van der Waals surface area contributed by atoms with Gasteiger partial charge in [-0.15, -0.1) is 10.2 Å². The van der Waals surface area contributed by atoms with Crippen LogP contribution in [0.15, 0.2) is 35.4 Å². The Hall–Kier alpha value is -2.47. The Morgan fingerprint density at radius 3 is 2.96 bits per heavy atom. The van der Waals surface area contributed by atoms with Gasteiger partial charge in [0.05, 0.1) is 6.04 Å². The van der Waals surface area contributed by atoms with Crippen LogP contribution in [0.3, 0.4) is 0 Å². The van der Waals surface area contributed by atoms with E-state index in [0.29, 0.717) is 6.54 Å². The number of aromatic amines is 1. The van der Waals surface area contributed by atoms with Crippen LogP contribution < -0.4 is 10.7 Å². The van der Waals surface area contributed by atoms with Crippen LogP contribution in [-0.4, -0.2) is 19.7 Å². The number of aromatic nitrogens is 4. The molecule has 6 heteroatoms. The van der Waals surface area contributed by atoms with Crippen LogP contribution in [0.2, 0.25) is 0 Å². The van der Waals surface area contributed by atoms with Crippen LogP contribution in [0.4, 0.5) is 0 Å². The molecule has 2 aromatic heterocycles. The van der Waals surface area contributed by atoms with Gasteiger partial charge in [-0.25, -0.2) is 0 Å². The van der Waals surface area contributed by atoms with Crippen molar-refractivity contribution in [2.75, 3.05) is 0 Å². The van der Waals surface area contributed by atoms with E-state index in [1.54, 1.807) is 12.4 Å². The van der Waals surface area contributed by atoms with Gasteiger partial charge in [-0.1, -0.05) is 18.6 Å². The fourth-order valence-corrected chi connectivity index (χ4v) is 2.88. The SMILES string of the molecule is CCCn1cnnc1C(C)NCc1cc(=O)c2cc(C)ccc2[nH]1. The summed E-state index contributed by atoms with van der Waals surface area (Å²) in [4.78, 5) is 15.6. The minimum atomic E-state index is 0.0473. The van der Waals surface area contributed by atoms with Gasteiger partial charge < -0.3 is 14.9 Å². The largest absolute Gasteiger partial charge is 0.357 e. The maximum atomic E-state index is 12.3. The topological polar surface area (TPSA) is 75.6 Å². The highest BCUT2D eigenvalue weighted by atomic mass is 16.1. The molecule has 0 amide bonds. The van der Waals surface area contributed by atoms with Gasteiger partial charge in [0, 0.05) is 35.8 Å². The van der Waals surface area contributed by atoms with Crippen LogP contribution >= 0.6 is 0 Å². The molecule has 0 radical (unpaired) electrons. The molecule has 0 fully saturated rings. The third kappa shape index (κ3) is 3.38. The van der Waals surface area contributed by atoms with Gasteiger partial charge in [0.15, 0.2) is 5.43 Å². The van der Waals surface area contributed by atoms with E-state index in [9.17, 15) is 4.79 Å². The summed E-state index contributed by atoms with van der Waals surface area (Å²) in [6, 6.07) is 7.60. The van der Waals surface area contributed by atoms with Crippen molar-refractivity contribution < 1.29 is 0 Å². The molecule has 3 rings (SSSR count). The Kier molecular flexibility index (Phi) is 4.76. The molecular formula is C18H23N5O. The second-order valence-corrected chi connectivity index (χ2v) is 6.19. The third-order valence-corrected chi connectivity index (χ3v) is 4.14. The van der Waals surface area contributed by atoms with Gasteiger partial charge in [0.2, 0.25) is 0 Å². The average molecular weight is 325 g/mol. The van der Waals surface area contributed by atoms with Crippen LogP contribution in [0.25, 0.3) is 10.9 Å². The zero-order valence-corrected chi connectivity index (χ0v) is 14.3. The molecule has 0 aliphatic heterocycles. The maximum absolute atomic E-state index is 12.3. The van der Waals surface area contributed by atoms with E-state index in [1.165, 1.54) is 0 Å². The molecule has 1 atom stereocenters. The monoisotopic (exact) mass is 325 g/mol. The van der Waals surface area contributed by atoms with Gasteiger partial charge >= 0.3 is 0 Å². The first-order valence-electron chi connectivity index (χ1n) is 8.32. The minimum Gasteiger partial charge on any atom is -0.357 e. The zero-order chi connectivity index (χ0) is 17.1. The molecule has 3 aromatic rings. The fraction of sp³-hybridized carbons (Fsp3) is 0.389. The number of hydrogen-bond acceptors (Lipinski definition) is 4. The van der Waals surface area contributed by atoms with Crippen molar-refractivity contribution in [3.8, 4) is 0 Å². The molecule has 2 heterocycles. The van der Waals surface area contributed by atoms with E-state index in [4.69, 9.17) is 0 Å². The normalized spacial score (nSPS) is 12.6. The van der Waals surface area contributed by atoms with Crippen molar-refractivity contribution in [1.29, 1.82) is 0 Å². The summed E-state index contributed by atoms with van der Waals surface area (Å²) in [7, 11) is 0. The highest BCUT2D eigenvalue weighted by Crippen LogP contribution is 2.13. The molecule has 0 aliphatic rings. The van der Waals surface area contributed by atoms with Gasteiger partial charge in [0.25, 0.3) is 0 Å². The quantitative estimate of drug-likeness (QED) is 0.730. The van der Waals surface area contributed by atoms with Crippen molar-refractivity contribution in [1.82, 2.24) is 25.1 Å². The van der Waals surface area contributed by atoms with Crippen LogP contribution in [0.5, 0.6) is 0 Å². The lowest BCUT2D eigenvalue weighted by atomic mass is 10.1. The summed E-state index contributed by atoms with van der Waals surface area (Å²) in [5.41, 5.74) is 2.87. The second-order valence-electron chi connectivity index (χ2n) is 6.19. The lowest BCUT2D eigenvalue weighted by molar-refractivity contribution is 0.504. The predicted octanol–water partition coefficient (Wildman–Crippen LogP) is 2.69. The minimum absolute atomic E-state index is 0.0473. The molecule has 1 unspecified atom stereocenters. The summed E-state index contributed by atoms with van der Waals surface area (Å²) in [6.07, 6.45) is 2.80. The third-order valence-electron chi connectivity index (χ3n) is 4.14. The molecule has 24 heavy (non-hydrogen) atoms. The average Bonchev–Trinajstić information content (AvgIpc) is 3.02. The number of rotatable bonds is 6. The van der Waals surface area contributed by atoms with Crippen LogP contribution in [0.1, 0.15) is 43.4 Å². The molecule has 0 spiro atoms. The number of benzene rings is 1. The molecule has 0 aliphatic carbocycles. The Morgan fingerprint density at radius 1 is 1.33 bits per heavy atom. The predicted molar refractivity (Wildman–Crippen MR) is 94.9 cm³/mol. The highest BCUT2D eigenvalue weighted by Gasteiger charge is 2.12. The molecule has 0 saturated heterocycles.